The van der Waals surface area contributed by atoms with Crippen LogP contribution < -0.4 is 10.3 Å². The Labute approximate surface area is 160 Å². The van der Waals surface area contributed by atoms with Crippen molar-refractivity contribution in [2.45, 2.75) is 0 Å². The number of imidazole rings is 1. The minimum Gasteiger partial charge on any atom is -0.497 e. The SMILES string of the molecule is COc1ccc2oc(=N)c(-c3nc4cccnc4n3-c3ccccc3)cc2c1. The van der Waals surface area contributed by atoms with Crippen molar-refractivity contribution in [3.63, 3.8) is 0 Å². The predicted molar refractivity (Wildman–Crippen MR) is 106 cm³/mol. The van der Waals surface area contributed by atoms with Crippen molar-refractivity contribution in [1.82, 2.24) is 14.5 Å². The first kappa shape index (κ1) is 16.3. The summed E-state index contributed by atoms with van der Waals surface area (Å²) < 4.78 is 13.0. The van der Waals surface area contributed by atoms with E-state index in [0.717, 1.165) is 28.0 Å². The zero-order chi connectivity index (χ0) is 19.1. The molecule has 28 heavy (non-hydrogen) atoms. The maximum absolute atomic E-state index is 8.45. The number of rotatable bonds is 3. The van der Waals surface area contributed by atoms with E-state index < -0.39 is 0 Å². The number of aromatic nitrogens is 3. The molecule has 0 bridgehead atoms. The molecular formula is C22H16N4O2. The van der Waals surface area contributed by atoms with Crippen LogP contribution in [0.2, 0.25) is 0 Å². The first-order chi connectivity index (χ1) is 13.7. The molecule has 3 heterocycles. The lowest BCUT2D eigenvalue weighted by Gasteiger charge is -2.09. The van der Waals surface area contributed by atoms with E-state index in [4.69, 9.17) is 19.5 Å². The van der Waals surface area contributed by atoms with Crippen molar-refractivity contribution in [2.24, 2.45) is 0 Å². The molecular weight excluding hydrogens is 352 g/mol. The van der Waals surface area contributed by atoms with Gasteiger partial charge in [-0.1, -0.05) is 18.2 Å². The van der Waals surface area contributed by atoms with Gasteiger partial charge >= 0.3 is 0 Å². The summed E-state index contributed by atoms with van der Waals surface area (Å²) in [7, 11) is 1.62. The molecule has 0 amide bonds. The molecule has 2 aromatic carbocycles. The number of fused-ring (bicyclic) bond motifs is 2. The van der Waals surface area contributed by atoms with Gasteiger partial charge in [0.05, 0.1) is 12.7 Å². The second-order valence-corrected chi connectivity index (χ2v) is 6.35. The molecule has 6 nitrogen and oxygen atoms in total. The zero-order valence-corrected chi connectivity index (χ0v) is 15.1. The van der Waals surface area contributed by atoms with Crippen molar-refractivity contribution in [2.75, 3.05) is 7.11 Å². The van der Waals surface area contributed by atoms with Crippen LogP contribution in [0, 0.1) is 5.41 Å². The fourth-order valence-corrected chi connectivity index (χ4v) is 3.33. The van der Waals surface area contributed by atoms with Gasteiger partial charge in [-0.3, -0.25) is 9.98 Å². The van der Waals surface area contributed by atoms with Crippen molar-refractivity contribution >= 4 is 22.1 Å². The van der Waals surface area contributed by atoms with Gasteiger partial charge in [0.25, 0.3) is 0 Å². The van der Waals surface area contributed by atoms with E-state index in [2.05, 4.69) is 4.98 Å². The van der Waals surface area contributed by atoms with Crippen LogP contribution in [0.1, 0.15) is 0 Å². The molecule has 136 valence electrons. The summed E-state index contributed by atoms with van der Waals surface area (Å²) in [5.41, 5.74) is 3.66. The molecule has 0 atom stereocenters. The number of pyridine rings is 1. The highest BCUT2D eigenvalue weighted by atomic mass is 16.5. The standard InChI is InChI=1S/C22H16N4O2/c1-27-16-9-10-19-14(12-16)13-17(20(23)28-19)21-25-18-8-5-11-24-22(18)26(21)15-6-3-2-4-7-15/h2-13,23H,1H3. The zero-order valence-electron chi connectivity index (χ0n) is 15.1. The van der Waals surface area contributed by atoms with Crippen molar-refractivity contribution < 1.29 is 9.15 Å². The predicted octanol–water partition coefficient (Wildman–Crippen LogP) is 4.32. The Balaban J connectivity index is 1.84. The van der Waals surface area contributed by atoms with Gasteiger partial charge in [0.15, 0.2) is 11.5 Å². The fraction of sp³-hybridized carbons (Fsp3) is 0.0455. The quantitative estimate of drug-likeness (QED) is 0.514. The number of ether oxygens (including phenoxy) is 1. The highest BCUT2D eigenvalue weighted by Gasteiger charge is 2.18. The van der Waals surface area contributed by atoms with Crippen LogP contribution in [-0.4, -0.2) is 21.6 Å². The Morgan fingerprint density at radius 1 is 1.00 bits per heavy atom. The molecule has 0 aliphatic rings. The van der Waals surface area contributed by atoms with Crippen LogP contribution in [0.3, 0.4) is 0 Å². The molecule has 0 spiro atoms. The summed E-state index contributed by atoms with van der Waals surface area (Å²) >= 11 is 0. The van der Waals surface area contributed by atoms with E-state index >= 15 is 0 Å². The molecule has 5 aromatic rings. The largest absolute Gasteiger partial charge is 0.497 e. The average molecular weight is 368 g/mol. The maximum atomic E-state index is 8.45. The summed E-state index contributed by atoms with van der Waals surface area (Å²) in [5.74, 6) is 1.34. The smallest absolute Gasteiger partial charge is 0.223 e. The number of para-hydroxylation sites is 1. The molecule has 3 aromatic heterocycles. The summed E-state index contributed by atoms with van der Waals surface area (Å²) in [6.45, 7) is 0. The third-order valence-corrected chi connectivity index (χ3v) is 4.64. The average Bonchev–Trinajstić information content (AvgIpc) is 3.13. The second kappa shape index (κ2) is 6.35. The van der Waals surface area contributed by atoms with Gasteiger partial charge in [0.2, 0.25) is 5.55 Å². The molecule has 0 saturated carbocycles. The topological polar surface area (TPSA) is 76.9 Å². The molecule has 5 rings (SSSR count). The molecule has 1 N–H and O–H groups in total. The van der Waals surface area contributed by atoms with Crippen LogP contribution in [0.15, 0.2) is 77.3 Å². The molecule has 0 unspecified atom stereocenters. The number of hydrogen-bond acceptors (Lipinski definition) is 5. The van der Waals surface area contributed by atoms with Crippen LogP contribution in [-0.2, 0) is 0 Å². The summed E-state index contributed by atoms with van der Waals surface area (Å²) in [6, 6.07) is 21.0. The number of nitrogens with one attached hydrogen (secondary N) is 1. The number of methoxy groups -OCH3 is 1. The minimum absolute atomic E-state index is 0.0464. The van der Waals surface area contributed by atoms with Crippen LogP contribution in [0.25, 0.3) is 39.2 Å². The van der Waals surface area contributed by atoms with Gasteiger partial charge in [-0.05, 0) is 48.5 Å². The number of nitrogens with zero attached hydrogens (tertiary/aromatic N) is 3. The Morgan fingerprint density at radius 3 is 2.68 bits per heavy atom. The number of hydrogen-bond donors (Lipinski definition) is 1. The Kier molecular flexibility index (Phi) is 3.69. The van der Waals surface area contributed by atoms with E-state index in [9.17, 15) is 0 Å². The fourth-order valence-electron chi connectivity index (χ4n) is 3.33. The second-order valence-electron chi connectivity index (χ2n) is 6.35. The van der Waals surface area contributed by atoms with Crippen LogP contribution in [0.4, 0.5) is 0 Å². The Bertz CT molecular complexity index is 1370. The van der Waals surface area contributed by atoms with Gasteiger partial charge in [-0.15, -0.1) is 0 Å². The van der Waals surface area contributed by atoms with Crippen molar-refractivity contribution in [3.05, 3.63) is 78.5 Å². The van der Waals surface area contributed by atoms with Crippen LogP contribution in [0.5, 0.6) is 5.75 Å². The lowest BCUT2D eigenvalue weighted by atomic mass is 10.1. The summed E-state index contributed by atoms with van der Waals surface area (Å²) in [4.78, 5) is 9.27. The van der Waals surface area contributed by atoms with Crippen LogP contribution >= 0.6 is 0 Å². The minimum atomic E-state index is 0.0464. The summed E-state index contributed by atoms with van der Waals surface area (Å²) in [6.07, 6.45) is 1.74. The Morgan fingerprint density at radius 2 is 1.86 bits per heavy atom. The van der Waals surface area contributed by atoms with E-state index in [1.165, 1.54) is 0 Å². The highest BCUT2D eigenvalue weighted by molar-refractivity contribution is 5.85. The van der Waals surface area contributed by atoms with E-state index in [0.29, 0.717) is 17.0 Å². The third-order valence-electron chi connectivity index (χ3n) is 4.64. The monoisotopic (exact) mass is 368 g/mol. The third kappa shape index (κ3) is 2.54. The maximum Gasteiger partial charge on any atom is 0.223 e. The normalized spacial score (nSPS) is 11.2. The van der Waals surface area contributed by atoms with Gasteiger partial charge in [0, 0.05) is 17.3 Å². The van der Waals surface area contributed by atoms with Crippen molar-refractivity contribution in [3.8, 4) is 22.8 Å². The molecule has 0 fully saturated rings. The number of benzene rings is 2. The molecule has 0 aliphatic heterocycles. The molecule has 0 radical (unpaired) electrons. The van der Waals surface area contributed by atoms with Gasteiger partial charge < -0.3 is 9.15 Å². The van der Waals surface area contributed by atoms with Gasteiger partial charge in [-0.2, -0.15) is 0 Å². The first-order valence-corrected chi connectivity index (χ1v) is 8.80. The van der Waals surface area contributed by atoms with E-state index in [1.807, 2.05) is 65.2 Å². The summed E-state index contributed by atoms with van der Waals surface area (Å²) in [5, 5.41) is 9.29. The molecule has 6 heteroatoms. The van der Waals surface area contributed by atoms with Gasteiger partial charge in [-0.25, -0.2) is 9.97 Å². The Hall–Kier alpha value is -3.93. The molecule has 0 aliphatic carbocycles. The highest BCUT2D eigenvalue weighted by Crippen LogP contribution is 2.28. The van der Waals surface area contributed by atoms with Crippen molar-refractivity contribution in [1.29, 1.82) is 5.41 Å². The lowest BCUT2D eigenvalue weighted by molar-refractivity contribution is 0.415. The van der Waals surface area contributed by atoms with E-state index in [1.54, 1.807) is 19.4 Å². The lowest BCUT2D eigenvalue weighted by Crippen LogP contribution is -2.08. The molecule has 0 saturated heterocycles. The first-order valence-electron chi connectivity index (χ1n) is 8.80. The van der Waals surface area contributed by atoms with E-state index in [-0.39, 0.29) is 5.55 Å². The van der Waals surface area contributed by atoms with Gasteiger partial charge in [0.1, 0.15) is 16.8 Å².